The Morgan fingerprint density at radius 3 is 2.55 bits per heavy atom. The number of pyridine rings is 1. The van der Waals surface area contributed by atoms with Gasteiger partial charge in [0.1, 0.15) is 18.0 Å². The van der Waals surface area contributed by atoms with Crippen molar-refractivity contribution < 1.29 is 39.9 Å². The molecule has 33 heavy (non-hydrogen) atoms. The molecule has 3 rings (SSSR count). The van der Waals surface area contributed by atoms with Gasteiger partial charge in [0.25, 0.3) is 0 Å². The fraction of sp³-hybridized carbons (Fsp3) is 0.400. The van der Waals surface area contributed by atoms with Gasteiger partial charge in [0.05, 0.1) is 4.90 Å². The zero-order valence-electron chi connectivity index (χ0n) is 17.3. The molecule has 2 aromatic rings. The first kappa shape index (κ1) is 24.8. The molecule has 180 valence electrons. The minimum atomic E-state index is -4.55. The molecule has 1 aromatic heterocycles. The van der Waals surface area contributed by atoms with Crippen molar-refractivity contribution in [1.82, 2.24) is 14.6 Å². The van der Waals surface area contributed by atoms with E-state index in [4.69, 9.17) is 0 Å². The van der Waals surface area contributed by atoms with Crippen LogP contribution in [0.4, 0.5) is 22.0 Å². The number of amides is 1. The summed E-state index contributed by atoms with van der Waals surface area (Å²) in [6, 6.07) is 5.28. The molecule has 1 aliphatic heterocycles. The second kappa shape index (κ2) is 9.59. The molecule has 0 radical (unpaired) electrons. The van der Waals surface area contributed by atoms with Gasteiger partial charge in [0.2, 0.25) is 21.8 Å². The summed E-state index contributed by atoms with van der Waals surface area (Å²) >= 11 is 0. The van der Waals surface area contributed by atoms with Gasteiger partial charge >= 0.3 is 6.18 Å². The lowest BCUT2D eigenvalue weighted by molar-refractivity contribution is -0.154. The Morgan fingerprint density at radius 2 is 1.91 bits per heavy atom. The number of nitrogens with zero attached hydrogens (tertiary/aromatic N) is 2. The van der Waals surface area contributed by atoms with E-state index < -0.39 is 53.3 Å². The van der Waals surface area contributed by atoms with Gasteiger partial charge in [-0.3, -0.25) is 4.79 Å². The van der Waals surface area contributed by atoms with Crippen molar-refractivity contribution in [3.05, 3.63) is 53.5 Å². The summed E-state index contributed by atoms with van der Waals surface area (Å²) in [6.07, 6.45) is -6.51. The first-order valence-electron chi connectivity index (χ1n) is 9.71. The van der Waals surface area contributed by atoms with Crippen LogP contribution in [0.3, 0.4) is 0 Å². The Kier molecular flexibility index (Phi) is 7.22. The number of hydrogen-bond acceptors (Lipinski definition) is 5. The van der Waals surface area contributed by atoms with Gasteiger partial charge in [0, 0.05) is 31.3 Å². The van der Waals surface area contributed by atoms with E-state index in [9.17, 15) is 35.2 Å². The lowest BCUT2D eigenvalue weighted by Gasteiger charge is -2.23. The molecule has 7 nitrogen and oxygen atoms in total. The molecule has 1 fully saturated rings. The van der Waals surface area contributed by atoms with Crippen molar-refractivity contribution in [2.45, 2.75) is 43.2 Å². The van der Waals surface area contributed by atoms with Crippen LogP contribution in [-0.4, -0.2) is 55.2 Å². The highest BCUT2D eigenvalue weighted by atomic mass is 32.2. The van der Waals surface area contributed by atoms with Crippen LogP contribution >= 0.6 is 0 Å². The molecule has 0 unspecified atom stereocenters. The first-order valence-corrected chi connectivity index (χ1v) is 11.2. The van der Waals surface area contributed by atoms with Gasteiger partial charge in [0.15, 0.2) is 6.61 Å². The third kappa shape index (κ3) is 6.38. The number of benzene rings is 1. The van der Waals surface area contributed by atoms with E-state index in [0.717, 1.165) is 28.6 Å². The monoisotopic (exact) mass is 493 g/mol. The number of aromatic nitrogens is 1. The van der Waals surface area contributed by atoms with Crippen LogP contribution in [-0.2, 0) is 21.4 Å². The van der Waals surface area contributed by atoms with E-state index in [1.807, 2.05) is 0 Å². The van der Waals surface area contributed by atoms with Crippen molar-refractivity contribution in [1.29, 1.82) is 0 Å². The van der Waals surface area contributed by atoms with E-state index in [2.05, 4.69) is 15.0 Å². The lowest BCUT2D eigenvalue weighted by atomic mass is 10.2. The van der Waals surface area contributed by atoms with Crippen LogP contribution in [0.25, 0.3) is 0 Å². The standard InChI is InChI=1S/C20H20F5N3O4S/c1-12-6-13(7-18(27-12)32-11-20(23,24)25)9-26-19(29)17-8-15(22)10-28(17)33(30,31)16-4-2-14(21)3-5-16/h2-7,15,17H,8-11H2,1H3,(H,26,29)/t15-,17+/m1/s1. The number of halogens is 5. The van der Waals surface area contributed by atoms with Gasteiger partial charge in [-0.1, -0.05) is 0 Å². The highest BCUT2D eigenvalue weighted by Crippen LogP contribution is 2.28. The molecular weight excluding hydrogens is 473 g/mol. The Hall–Kier alpha value is -2.80. The summed E-state index contributed by atoms with van der Waals surface area (Å²) in [4.78, 5) is 16.2. The third-order valence-corrected chi connectivity index (χ3v) is 6.66. The van der Waals surface area contributed by atoms with Gasteiger partial charge in [-0.15, -0.1) is 0 Å². The second-order valence-corrected chi connectivity index (χ2v) is 9.34. The van der Waals surface area contributed by atoms with Crippen LogP contribution in [0.5, 0.6) is 5.88 Å². The van der Waals surface area contributed by atoms with Crippen molar-refractivity contribution in [3.8, 4) is 5.88 Å². The summed E-state index contributed by atoms with van der Waals surface area (Å²) in [5.41, 5.74) is 0.694. The highest BCUT2D eigenvalue weighted by molar-refractivity contribution is 7.89. The molecule has 1 N–H and O–H groups in total. The summed E-state index contributed by atoms with van der Waals surface area (Å²) in [5.74, 6) is -1.73. The number of nitrogens with one attached hydrogen (secondary N) is 1. The largest absolute Gasteiger partial charge is 0.468 e. The Labute approximate surface area is 186 Å². The summed E-state index contributed by atoms with van der Waals surface area (Å²) in [7, 11) is -4.27. The quantitative estimate of drug-likeness (QED) is 0.600. The first-order chi connectivity index (χ1) is 15.3. The number of ether oxygens (including phenoxy) is 1. The number of carbonyl (C=O) groups excluding carboxylic acids is 1. The minimum Gasteiger partial charge on any atom is -0.468 e. The van der Waals surface area contributed by atoms with Gasteiger partial charge in [-0.05, 0) is 42.8 Å². The number of rotatable bonds is 7. The average Bonchev–Trinajstić information content (AvgIpc) is 3.13. The van der Waals surface area contributed by atoms with Gasteiger partial charge < -0.3 is 10.1 Å². The van der Waals surface area contributed by atoms with Crippen molar-refractivity contribution in [3.63, 3.8) is 0 Å². The predicted octanol–water partition coefficient (Wildman–Crippen LogP) is 2.89. The smallest absolute Gasteiger partial charge is 0.422 e. The number of alkyl halides is 4. The SMILES string of the molecule is Cc1cc(CNC(=O)[C@@H]2C[C@@H](F)CN2S(=O)(=O)c2ccc(F)cc2)cc(OCC(F)(F)F)n1. The molecule has 1 aliphatic rings. The summed E-state index contributed by atoms with van der Waals surface area (Å²) < 4.78 is 95.4. The molecule has 2 heterocycles. The molecule has 0 bridgehead atoms. The fourth-order valence-corrected chi connectivity index (χ4v) is 4.97. The highest BCUT2D eigenvalue weighted by Gasteiger charge is 2.44. The van der Waals surface area contributed by atoms with Crippen molar-refractivity contribution in [2.24, 2.45) is 0 Å². The molecule has 0 saturated carbocycles. The molecule has 1 aromatic carbocycles. The predicted molar refractivity (Wildman–Crippen MR) is 106 cm³/mol. The minimum absolute atomic E-state index is 0.178. The Bertz CT molecular complexity index is 1110. The molecule has 13 heteroatoms. The molecule has 0 aliphatic carbocycles. The molecule has 1 saturated heterocycles. The van der Waals surface area contributed by atoms with Crippen LogP contribution in [0, 0.1) is 12.7 Å². The molecular formula is C20H20F5N3O4S. The van der Waals surface area contributed by atoms with Gasteiger partial charge in [-0.25, -0.2) is 22.2 Å². The maximum absolute atomic E-state index is 14.1. The summed E-state index contributed by atoms with van der Waals surface area (Å²) in [6.45, 7) is -0.733. The normalized spacial score (nSPS) is 19.5. The van der Waals surface area contributed by atoms with E-state index in [1.54, 1.807) is 0 Å². The zero-order valence-corrected chi connectivity index (χ0v) is 18.1. The molecule has 2 atom stereocenters. The Morgan fingerprint density at radius 1 is 1.24 bits per heavy atom. The third-order valence-electron chi connectivity index (χ3n) is 4.77. The maximum atomic E-state index is 14.1. The van der Waals surface area contributed by atoms with E-state index >= 15 is 0 Å². The van der Waals surface area contributed by atoms with Crippen LogP contribution < -0.4 is 10.1 Å². The summed E-state index contributed by atoms with van der Waals surface area (Å²) in [5, 5.41) is 2.47. The lowest BCUT2D eigenvalue weighted by Crippen LogP contribution is -2.45. The van der Waals surface area contributed by atoms with Crippen LogP contribution in [0.15, 0.2) is 41.3 Å². The van der Waals surface area contributed by atoms with Crippen LogP contribution in [0.2, 0.25) is 0 Å². The van der Waals surface area contributed by atoms with E-state index in [1.165, 1.54) is 19.1 Å². The molecule has 1 amide bonds. The van der Waals surface area contributed by atoms with Gasteiger partial charge in [-0.2, -0.15) is 17.5 Å². The molecule has 0 spiro atoms. The topological polar surface area (TPSA) is 88.6 Å². The Balaban J connectivity index is 1.71. The number of sulfonamides is 1. The van der Waals surface area contributed by atoms with Crippen LogP contribution in [0.1, 0.15) is 17.7 Å². The number of hydrogen-bond donors (Lipinski definition) is 1. The number of aryl methyl sites for hydroxylation is 1. The average molecular weight is 493 g/mol. The van der Waals surface area contributed by atoms with E-state index in [-0.39, 0.29) is 23.7 Å². The van der Waals surface area contributed by atoms with Crippen molar-refractivity contribution >= 4 is 15.9 Å². The van der Waals surface area contributed by atoms with E-state index in [0.29, 0.717) is 11.3 Å². The maximum Gasteiger partial charge on any atom is 0.422 e. The van der Waals surface area contributed by atoms with Crippen molar-refractivity contribution in [2.75, 3.05) is 13.2 Å². The zero-order chi connectivity index (χ0) is 24.4. The number of carbonyl (C=O) groups is 1. The fourth-order valence-electron chi connectivity index (χ4n) is 3.35. The second-order valence-electron chi connectivity index (χ2n) is 7.45.